The maximum Gasteiger partial charge on any atom is 0.0346 e. The summed E-state index contributed by atoms with van der Waals surface area (Å²) in [6.45, 7) is 6.40. The van der Waals surface area contributed by atoms with Crippen LogP contribution in [0.2, 0.25) is 0 Å². The zero-order valence-corrected chi connectivity index (χ0v) is 11.3. The molecule has 0 saturated heterocycles. The average Bonchev–Trinajstić information content (AvgIpc) is 2.79. The number of rotatable bonds is 5. The van der Waals surface area contributed by atoms with Crippen molar-refractivity contribution in [1.29, 1.82) is 0 Å². The van der Waals surface area contributed by atoms with Crippen molar-refractivity contribution in [3.63, 3.8) is 0 Å². The van der Waals surface area contributed by atoms with Crippen LogP contribution in [0.1, 0.15) is 23.8 Å². The molecule has 0 amide bonds. The van der Waals surface area contributed by atoms with Crippen molar-refractivity contribution in [3.05, 3.63) is 46.8 Å². The molecule has 0 aliphatic rings. The monoisotopic (exact) mass is 245 g/mol. The summed E-state index contributed by atoms with van der Waals surface area (Å²) in [5.74, 6) is 0. The first-order valence-electron chi connectivity index (χ1n) is 6.16. The maximum atomic E-state index is 3.44. The lowest BCUT2D eigenvalue weighted by Gasteiger charge is -2.00. The molecule has 90 valence electrons. The maximum absolute atomic E-state index is 3.44. The van der Waals surface area contributed by atoms with Crippen LogP contribution in [0.4, 0.5) is 0 Å². The van der Waals surface area contributed by atoms with Gasteiger partial charge in [0.2, 0.25) is 0 Å². The summed E-state index contributed by atoms with van der Waals surface area (Å²) in [4.78, 5) is 2.77. The van der Waals surface area contributed by atoms with Gasteiger partial charge in [0.25, 0.3) is 0 Å². The summed E-state index contributed by atoms with van der Waals surface area (Å²) in [6, 6.07) is 13.2. The zero-order chi connectivity index (χ0) is 12.1. The van der Waals surface area contributed by atoms with Crippen molar-refractivity contribution in [2.24, 2.45) is 0 Å². The summed E-state index contributed by atoms with van der Waals surface area (Å²) < 4.78 is 0. The molecule has 0 bridgehead atoms. The van der Waals surface area contributed by atoms with E-state index >= 15 is 0 Å². The Morgan fingerprint density at radius 2 is 1.82 bits per heavy atom. The van der Waals surface area contributed by atoms with Crippen molar-refractivity contribution in [1.82, 2.24) is 5.32 Å². The molecule has 0 fully saturated rings. The highest BCUT2D eigenvalue weighted by atomic mass is 32.1. The molecule has 0 spiro atoms. The minimum atomic E-state index is 0.990. The van der Waals surface area contributed by atoms with E-state index in [2.05, 4.69) is 55.6 Å². The van der Waals surface area contributed by atoms with Crippen LogP contribution in [0.3, 0.4) is 0 Å². The predicted molar refractivity (Wildman–Crippen MR) is 76.5 cm³/mol. The molecule has 1 aromatic heterocycles. The van der Waals surface area contributed by atoms with Gasteiger partial charge in [-0.25, -0.2) is 0 Å². The van der Waals surface area contributed by atoms with Crippen LogP contribution in [0, 0.1) is 6.92 Å². The Balaban J connectivity index is 2.04. The summed E-state index contributed by atoms with van der Waals surface area (Å²) in [7, 11) is 0. The van der Waals surface area contributed by atoms with Gasteiger partial charge >= 0.3 is 0 Å². The Kier molecular flexibility index (Phi) is 4.35. The van der Waals surface area contributed by atoms with Gasteiger partial charge in [0, 0.05) is 16.3 Å². The SMILES string of the molecule is CCCNCc1ccc(-c2ccc(C)cc2)s1. The largest absolute Gasteiger partial charge is 0.312 e. The number of aryl methyl sites for hydroxylation is 1. The molecule has 0 atom stereocenters. The van der Waals surface area contributed by atoms with Crippen LogP contribution in [-0.2, 0) is 6.54 Å². The van der Waals surface area contributed by atoms with Gasteiger partial charge in [0.15, 0.2) is 0 Å². The minimum absolute atomic E-state index is 0.990. The third kappa shape index (κ3) is 3.42. The fourth-order valence-electron chi connectivity index (χ4n) is 1.73. The molecule has 1 nitrogen and oxygen atoms in total. The molecule has 17 heavy (non-hydrogen) atoms. The van der Waals surface area contributed by atoms with Crippen LogP contribution < -0.4 is 5.32 Å². The average molecular weight is 245 g/mol. The molecule has 1 aromatic carbocycles. The number of hydrogen-bond donors (Lipinski definition) is 1. The molecule has 1 N–H and O–H groups in total. The normalized spacial score (nSPS) is 10.7. The minimum Gasteiger partial charge on any atom is -0.312 e. The highest BCUT2D eigenvalue weighted by Crippen LogP contribution is 2.28. The van der Waals surface area contributed by atoms with Gasteiger partial charge in [-0.2, -0.15) is 0 Å². The number of nitrogens with one attached hydrogen (secondary N) is 1. The second-order valence-electron chi connectivity index (χ2n) is 4.31. The van der Waals surface area contributed by atoms with Gasteiger partial charge in [0.05, 0.1) is 0 Å². The molecule has 0 unspecified atom stereocenters. The molecule has 0 aliphatic carbocycles. The summed E-state index contributed by atoms with van der Waals surface area (Å²) in [6.07, 6.45) is 1.19. The van der Waals surface area contributed by atoms with E-state index < -0.39 is 0 Å². The van der Waals surface area contributed by atoms with Gasteiger partial charge < -0.3 is 5.32 Å². The first-order valence-corrected chi connectivity index (χ1v) is 6.97. The summed E-state index contributed by atoms with van der Waals surface area (Å²) >= 11 is 1.88. The van der Waals surface area contributed by atoms with Crippen LogP contribution >= 0.6 is 11.3 Å². The van der Waals surface area contributed by atoms with Crippen molar-refractivity contribution >= 4 is 11.3 Å². The summed E-state index contributed by atoms with van der Waals surface area (Å²) in [5.41, 5.74) is 2.64. The molecule has 2 rings (SSSR count). The molecule has 0 aliphatic heterocycles. The third-order valence-corrected chi connectivity index (χ3v) is 3.86. The van der Waals surface area contributed by atoms with Crippen molar-refractivity contribution < 1.29 is 0 Å². The molecule has 2 heteroatoms. The van der Waals surface area contributed by atoms with Gasteiger partial charge in [-0.3, -0.25) is 0 Å². The highest BCUT2D eigenvalue weighted by molar-refractivity contribution is 7.15. The lowest BCUT2D eigenvalue weighted by molar-refractivity contribution is 0.681. The van der Waals surface area contributed by atoms with Gasteiger partial charge in [-0.05, 0) is 37.6 Å². The van der Waals surface area contributed by atoms with E-state index in [1.165, 1.54) is 27.3 Å². The van der Waals surface area contributed by atoms with Crippen LogP contribution in [0.15, 0.2) is 36.4 Å². The molecule has 2 aromatic rings. The van der Waals surface area contributed by atoms with Crippen LogP contribution in [0.25, 0.3) is 10.4 Å². The zero-order valence-electron chi connectivity index (χ0n) is 10.5. The third-order valence-electron chi connectivity index (χ3n) is 2.72. The van der Waals surface area contributed by atoms with Crippen LogP contribution in [-0.4, -0.2) is 6.54 Å². The fourth-order valence-corrected chi connectivity index (χ4v) is 2.72. The molecular formula is C15H19NS. The van der Waals surface area contributed by atoms with E-state index in [0.29, 0.717) is 0 Å². The predicted octanol–water partition coefficient (Wildman–Crippen LogP) is 4.22. The summed E-state index contributed by atoms with van der Waals surface area (Å²) in [5, 5.41) is 3.44. The molecular weight excluding hydrogens is 226 g/mol. The Hall–Kier alpha value is -1.12. The number of hydrogen-bond acceptors (Lipinski definition) is 2. The van der Waals surface area contributed by atoms with E-state index in [1.54, 1.807) is 0 Å². The van der Waals surface area contributed by atoms with E-state index in [4.69, 9.17) is 0 Å². The topological polar surface area (TPSA) is 12.0 Å². The Labute approximate surface area is 108 Å². The van der Waals surface area contributed by atoms with Crippen molar-refractivity contribution in [2.75, 3.05) is 6.54 Å². The Morgan fingerprint density at radius 1 is 1.06 bits per heavy atom. The van der Waals surface area contributed by atoms with Crippen molar-refractivity contribution in [2.45, 2.75) is 26.8 Å². The van der Waals surface area contributed by atoms with Crippen molar-refractivity contribution in [3.8, 4) is 10.4 Å². The number of thiophene rings is 1. The highest BCUT2D eigenvalue weighted by Gasteiger charge is 2.02. The first kappa shape index (κ1) is 12.3. The Morgan fingerprint density at radius 3 is 2.53 bits per heavy atom. The Bertz CT molecular complexity index is 456. The van der Waals surface area contributed by atoms with E-state index in [9.17, 15) is 0 Å². The van der Waals surface area contributed by atoms with E-state index in [-0.39, 0.29) is 0 Å². The van der Waals surface area contributed by atoms with E-state index in [0.717, 1.165) is 13.1 Å². The van der Waals surface area contributed by atoms with Crippen LogP contribution in [0.5, 0.6) is 0 Å². The standard InChI is InChI=1S/C15H19NS/c1-3-10-16-11-14-8-9-15(17-14)13-6-4-12(2)5-7-13/h4-9,16H,3,10-11H2,1-2H3. The smallest absolute Gasteiger partial charge is 0.0346 e. The van der Waals surface area contributed by atoms with Gasteiger partial charge in [-0.1, -0.05) is 36.8 Å². The second-order valence-corrected chi connectivity index (χ2v) is 5.48. The number of benzene rings is 1. The van der Waals surface area contributed by atoms with Gasteiger partial charge in [0.1, 0.15) is 0 Å². The second kappa shape index (κ2) is 5.99. The quantitative estimate of drug-likeness (QED) is 0.778. The first-order chi connectivity index (χ1) is 8.29. The van der Waals surface area contributed by atoms with Gasteiger partial charge in [-0.15, -0.1) is 11.3 Å². The van der Waals surface area contributed by atoms with E-state index in [1.807, 2.05) is 11.3 Å². The molecule has 0 radical (unpaired) electrons. The lowest BCUT2D eigenvalue weighted by Crippen LogP contribution is -2.12. The lowest BCUT2D eigenvalue weighted by atomic mass is 10.1. The molecule has 1 heterocycles. The fraction of sp³-hybridized carbons (Fsp3) is 0.333. The molecule has 0 saturated carbocycles.